The maximum Gasteiger partial charge on any atom is 0.287 e. The van der Waals surface area contributed by atoms with E-state index in [9.17, 15) is 10.1 Å². The molecule has 6 nitrogen and oxygen atoms in total. The van der Waals surface area contributed by atoms with E-state index in [0.29, 0.717) is 6.04 Å². The van der Waals surface area contributed by atoms with Gasteiger partial charge in [0.05, 0.1) is 4.92 Å². The lowest BCUT2D eigenvalue weighted by Gasteiger charge is -2.29. The maximum absolute atomic E-state index is 10.8. The van der Waals surface area contributed by atoms with E-state index in [2.05, 4.69) is 10.2 Å². The lowest BCUT2D eigenvalue weighted by atomic mass is 10.1. The third-order valence-electron chi connectivity index (χ3n) is 3.80. The number of nitrogens with zero attached hydrogens (tertiary/aromatic N) is 3. The molecule has 1 fully saturated rings. The Labute approximate surface area is 118 Å². The first-order valence-corrected chi connectivity index (χ1v) is 6.75. The molecule has 2 rings (SSSR count). The van der Waals surface area contributed by atoms with Crippen molar-refractivity contribution in [3.05, 3.63) is 33.9 Å². The zero-order valence-corrected chi connectivity index (χ0v) is 11.5. The fourth-order valence-corrected chi connectivity index (χ4v) is 2.59. The molecular weight excluding hydrogens is 256 g/mol. The van der Waals surface area contributed by atoms with Gasteiger partial charge in [0.2, 0.25) is 0 Å². The number of hydrogen-bond donors (Lipinski definition) is 1. The first-order chi connectivity index (χ1) is 9.63. The van der Waals surface area contributed by atoms with Gasteiger partial charge in [-0.2, -0.15) is 5.26 Å². The smallest absolute Gasteiger partial charge is 0.287 e. The van der Waals surface area contributed by atoms with Crippen LogP contribution in [0.4, 0.5) is 11.4 Å². The normalized spacial score (nSPS) is 18.9. The summed E-state index contributed by atoms with van der Waals surface area (Å²) < 4.78 is 0. The predicted molar refractivity (Wildman–Crippen MR) is 76.7 cm³/mol. The van der Waals surface area contributed by atoms with Crippen molar-refractivity contribution in [2.75, 3.05) is 25.0 Å². The van der Waals surface area contributed by atoms with Crippen molar-refractivity contribution in [1.29, 1.82) is 5.26 Å². The molecule has 0 radical (unpaired) electrons. The van der Waals surface area contributed by atoms with Crippen LogP contribution in [0.1, 0.15) is 24.8 Å². The number of benzene rings is 1. The Morgan fingerprint density at radius 1 is 1.45 bits per heavy atom. The molecule has 0 aliphatic carbocycles. The summed E-state index contributed by atoms with van der Waals surface area (Å²) in [5.74, 6) is 0. The van der Waals surface area contributed by atoms with Crippen molar-refractivity contribution in [1.82, 2.24) is 5.32 Å². The van der Waals surface area contributed by atoms with Gasteiger partial charge in [-0.3, -0.25) is 10.1 Å². The van der Waals surface area contributed by atoms with Crippen LogP contribution in [0.5, 0.6) is 0 Å². The number of nitriles is 1. The molecule has 106 valence electrons. The second kappa shape index (κ2) is 6.35. The second-order valence-electron chi connectivity index (χ2n) is 5.02. The summed E-state index contributed by atoms with van der Waals surface area (Å²) in [4.78, 5) is 12.4. The van der Waals surface area contributed by atoms with Crippen LogP contribution in [0, 0.1) is 21.4 Å². The molecule has 6 heteroatoms. The molecule has 1 unspecified atom stereocenters. The quantitative estimate of drug-likeness (QED) is 0.673. The molecule has 0 amide bonds. The SMILES string of the molecule is CN(c1ccc([N+](=O)[O-])c(C#N)c1)C1CCCNCC1. The summed E-state index contributed by atoms with van der Waals surface area (Å²) in [5.41, 5.74) is 0.845. The summed E-state index contributed by atoms with van der Waals surface area (Å²) in [6.07, 6.45) is 3.24. The topological polar surface area (TPSA) is 82.2 Å². The summed E-state index contributed by atoms with van der Waals surface area (Å²) in [6.45, 7) is 2.02. The van der Waals surface area contributed by atoms with Gasteiger partial charge in [-0.25, -0.2) is 0 Å². The van der Waals surface area contributed by atoms with Crippen LogP contribution in [0.25, 0.3) is 0 Å². The van der Waals surface area contributed by atoms with E-state index >= 15 is 0 Å². The Kier molecular flexibility index (Phi) is 4.53. The monoisotopic (exact) mass is 274 g/mol. The standard InChI is InChI=1S/C14H18N4O2/c1-17(12-3-2-7-16-8-6-12)13-4-5-14(18(19)20)11(9-13)10-15/h4-5,9,12,16H,2-3,6-8H2,1H3. The van der Waals surface area contributed by atoms with Crippen molar-refractivity contribution >= 4 is 11.4 Å². The minimum atomic E-state index is -0.516. The van der Waals surface area contributed by atoms with Gasteiger partial charge in [0.25, 0.3) is 5.69 Å². The van der Waals surface area contributed by atoms with Crippen molar-refractivity contribution < 1.29 is 4.92 Å². The Morgan fingerprint density at radius 3 is 2.95 bits per heavy atom. The van der Waals surface area contributed by atoms with Crippen LogP contribution in [0.2, 0.25) is 0 Å². The molecule has 1 heterocycles. The Balaban J connectivity index is 2.23. The lowest BCUT2D eigenvalue weighted by molar-refractivity contribution is -0.385. The van der Waals surface area contributed by atoms with Gasteiger partial charge in [0, 0.05) is 24.8 Å². The van der Waals surface area contributed by atoms with Crippen LogP contribution >= 0.6 is 0 Å². The molecule has 1 aromatic carbocycles. The highest BCUT2D eigenvalue weighted by molar-refractivity contribution is 5.60. The van der Waals surface area contributed by atoms with E-state index in [4.69, 9.17) is 5.26 Å². The zero-order chi connectivity index (χ0) is 14.5. The fraction of sp³-hybridized carbons (Fsp3) is 0.500. The molecule has 0 aromatic heterocycles. The van der Waals surface area contributed by atoms with Gasteiger partial charge in [0.1, 0.15) is 11.6 Å². The van der Waals surface area contributed by atoms with E-state index in [0.717, 1.165) is 38.0 Å². The molecule has 1 aliphatic heterocycles. The van der Waals surface area contributed by atoms with Crippen LogP contribution in [-0.4, -0.2) is 31.1 Å². The highest BCUT2D eigenvalue weighted by Gasteiger charge is 2.20. The highest BCUT2D eigenvalue weighted by Crippen LogP contribution is 2.26. The van der Waals surface area contributed by atoms with Crippen LogP contribution < -0.4 is 10.2 Å². The lowest BCUT2D eigenvalue weighted by Crippen LogP contribution is -2.32. The van der Waals surface area contributed by atoms with Gasteiger partial charge in [-0.1, -0.05) is 0 Å². The highest BCUT2D eigenvalue weighted by atomic mass is 16.6. The van der Waals surface area contributed by atoms with E-state index < -0.39 is 4.92 Å². The third kappa shape index (κ3) is 3.06. The molecule has 1 aliphatic rings. The van der Waals surface area contributed by atoms with E-state index in [1.54, 1.807) is 12.1 Å². The average Bonchev–Trinajstić information content (AvgIpc) is 2.74. The molecule has 0 spiro atoms. The second-order valence-corrected chi connectivity index (χ2v) is 5.02. The molecular formula is C14H18N4O2. The largest absolute Gasteiger partial charge is 0.372 e. The van der Waals surface area contributed by atoms with E-state index in [-0.39, 0.29) is 11.3 Å². The van der Waals surface area contributed by atoms with Gasteiger partial charge in [-0.15, -0.1) is 0 Å². The summed E-state index contributed by atoms with van der Waals surface area (Å²) in [5, 5.41) is 23.2. The molecule has 1 aromatic rings. The number of nitrogens with one attached hydrogen (secondary N) is 1. The van der Waals surface area contributed by atoms with Gasteiger partial charge in [0.15, 0.2) is 0 Å². The van der Waals surface area contributed by atoms with Crippen molar-refractivity contribution in [3.63, 3.8) is 0 Å². The number of anilines is 1. The predicted octanol–water partition coefficient (Wildman–Crippen LogP) is 2.04. The van der Waals surface area contributed by atoms with Gasteiger partial charge in [-0.05, 0) is 44.5 Å². The van der Waals surface area contributed by atoms with E-state index in [1.165, 1.54) is 6.07 Å². The molecule has 1 N–H and O–H groups in total. The Hall–Kier alpha value is -2.13. The molecule has 0 saturated carbocycles. The van der Waals surface area contributed by atoms with E-state index in [1.807, 2.05) is 13.1 Å². The molecule has 1 saturated heterocycles. The number of nitro groups is 1. The fourth-order valence-electron chi connectivity index (χ4n) is 2.59. The minimum Gasteiger partial charge on any atom is -0.372 e. The van der Waals surface area contributed by atoms with Crippen molar-refractivity contribution in [2.45, 2.75) is 25.3 Å². The van der Waals surface area contributed by atoms with Crippen molar-refractivity contribution in [2.24, 2.45) is 0 Å². The summed E-state index contributed by atoms with van der Waals surface area (Å²) >= 11 is 0. The zero-order valence-electron chi connectivity index (χ0n) is 11.5. The first kappa shape index (κ1) is 14.3. The number of rotatable bonds is 3. The van der Waals surface area contributed by atoms with Crippen LogP contribution in [-0.2, 0) is 0 Å². The summed E-state index contributed by atoms with van der Waals surface area (Å²) in [6, 6.07) is 7.05. The Morgan fingerprint density at radius 2 is 2.25 bits per heavy atom. The maximum atomic E-state index is 10.8. The van der Waals surface area contributed by atoms with Gasteiger partial charge < -0.3 is 10.2 Å². The van der Waals surface area contributed by atoms with Crippen molar-refractivity contribution in [3.8, 4) is 6.07 Å². The Bertz CT molecular complexity index is 530. The molecule has 20 heavy (non-hydrogen) atoms. The average molecular weight is 274 g/mol. The van der Waals surface area contributed by atoms with Crippen LogP contribution in [0.3, 0.4) is 0 Å². The number of hydrogen-bond acceptors (Lipinski definition) is 5. The third-order valence-corrected chi connectivity index (χ3v) is 3.80. The van der Waals surface area contributed by atoms with Crippen LogP contribution in [0.15, 0.2) is 18.2 Å². The first-order valence-electron chi connectivity index (χ1n) is 6.75. The molecule has 1 atom stereocenters. The number of nitro benzene ring substituents is 1. The summed E-state index contributed by atoms with van der Waals surface area (Å²) in [7, 11) is 1.98. The minimum absolute atomic E-state index is 0.117. The van der Waals surface area contributed by atoms with Gasteiger partial charge >= 0.3 is 0 Å². The molecule has 0 bridgehead atoms.